The summed E-state index contributed by atoms with van der Waals surface area (Å²) in [5.41, 5.74) is 2.93. The van der Waals surface area contributed by atoms with Crippen molar-refractivity contribution in [3.05, 3.63) is 65.5 Å². The van der Waals surface area contributed by atoms with E-state index < -0.39 is 0 Å². The monoisotopic (exact) mass is 284 g/mol. The van der Waals surface area contributed by atoms with Gasteiger partial charge in [-0.2, -0.15) is 0 Å². The molecular weight excluding hydrogens is 267 g/mol. The number of hydrogen-bond donors (Lipinski definition) is 2. The Kier molecular flexibility index (Phi) is 3.86. The zero-order chi connectivity index (χ0) is 14.7. The molecule has 2 aromatic carbocycles. The Bertz CT molecular complexity index is 657. The third-order valence-electron chi connectivity index (χ3n) is 3.76. The third-order valence-corrected chi connectivity index (χ3v) is 3.76. The molecule has 21 heavy (non-hydrogen) atoms. The molecule has 4 heteroatoms. The smallest absolute Gasteiger partial charge is 0.319 e. The van der Waals surface area contributed by atoms with Gasteiger partial charge < -0.3 is 10.6 Å². The molecule has 2 aromatic rings. The average Bonchev–Trinajstić information content (AvgIpc) is 2.47. The highest BCUT2D eigenvalue weighted by Gasteiger charge is 2.21. The Morgan fingerprint density at radius 2 is 2.00 bits per heavy atom. The summed E-state index contributed by atoms with van der Waals surface area (Å²) in [6.07, 6.45) is 3.04. The largest absolute Gasteiger partial charge is 0.331 e. The van der Waals surface area contributed by atoms with Gasteiger partial charge in [0, 0.05) is 5.69 Å². The molecule has 0 aliphatic heterocycles. The molecule has 0 heterocycles. The van der Waals surface area contributed by atoms with Crippen LogP contribution in [0.2, 0.25) is 0 Å². The molecule has 0 saturated carbocycles. The van der Waals surface area contributed by atoms with E-state index in [1.807, 2.05) is 12.1 Å². The summed E-state index contributed by atoms with van der Waals surface area (Å²) >= 11 is 0. The molecule has 2 amide bonds. The molecule has 0 saturated heterocycles. The van der Waals surface area contributed by atoms with E-state index in [0.29, 0.717) is 5.69 Å². The van der Waals surface area contributed by atoms with Gasteiger partial charge in [-0.3, -0.25) is 0 Å². The van der Waals surface area contributed by atoms with Crippen LogP contribution < -0.4 is 10.6 Å². The summed E-state index contributed by atoms with van der Waals surface area (Å²) in [7, 11) is 0. The van der Waals surface area contributed by atoms with Crippen LogP contribution in [-0.2, 0) is 6.42 Å². The third kappa shape index (κ3) is 3.21. The van der Waals surface area contributed by atoms with Crippen molar-refractivity contribution >= 4 is 11.7 Å². The summed E-state index contributed by atoms with van der Waals surface area (Å²) in [5.74, 6) is -0.365. The van der Waals surface area contributed by atoms with E-state index in [4.69, 9.17) is 0 Å². The summed E-state index contributed by atoms with van der Waals surface area (Å²) in [6.45, 7) is 0. The number of fused-ring (bicyclic) bond motifs is 1. The van der Waals surface area contributed by atoms with Crippen LogP contribution in [0.3, 0.4) is 0 Å². The number of halogens is 1. The highest BCUT2D eigenvalue weighted by molar-refractivity contribution is 5.89. The van der Waals surface area contributed by atoms with Gasteiger partial charge in [-0.25, -0.2) is 9.18 Å². The standard InChI is InChI=1S/C17H17FN2O/c18-13-7-4-8-14(11-13)19-17(21)20-16-10-3-6-12-5-1-2-9-15(12)16/h1-2,4-5,7-9,11,16H,3,6,10H2,(H2,19,20,21)/t16-/m0/s1. The number of hydrogen-bond acceptors (Lipinski definition) is 1. The highest BCUT2D eigenvalue weighted by Crippen LogP contribution is 2.29. The molecule has 1 atom stereocenters. The van der Waals surface area contributed by atoms with Crippen molar-refractivity contribution in [3.63, 3.8) is 0 Å². The molecule has 0 aromatic heterocycles. The van der Waals surface area contributed by atoms with Crippen LogP contribution >= 0.6 is 0 Å². The van der Waals surface area contributed by atoms with Crippen molar-refractivity contribution in [2.45, 2.75) is 25.3 Å². The predicted molar refractivity (Wildman–Crippen MR) is 80.7 cm³/mol. The van der Waals surface area contributed by atoms with Crippen LogP contribution in [-0.4, -0.2) is 6.03 Å². The van der Waals surface area contributed by atoms with Gasteiger partial charge in [-0.1, -0.05) is 30.3 Å². The van der Waals surface area contributed by atoms with Crippen molar-refractivity contribution in [1.29, 1.82) is 0 Å². The molecule has 3 rings (SSSR count). The lowest BCUT2D eigenvalue weighted by atomic mass is 9.88. The molecule has 0 fully saturated rings. The molecular formula is C17H17FN2O. The second-order valence-electron chi connectivity index (χ2n) is 5.25. The molecule has 108 valence electrons. The Morgan fingerprint density at radius 3 is 2.86 bits per heavy atom. The van der Waals surface area contributed by atoms with Crippen LogP contribution in [0.25, 0.3) is 0 Å². The minimum absolute atomic E-state index is 0.0171. The summed E-state index contributed by atoms with van der Waals surface area (Å²) < 4.78 is 13.1. The summed E-state index contributed by atoms with van der Waals surface area (Å²) in [4.78, 5) is 12.1. The zero-order valence-electron chi connectivity index (χ0n) is 11.6. The maximum absolute atomic E-state index is 13.1. The minimum Gasteiger partial charge on any atom is -0.331 e. The molecule has 2 N–H and O–H groups in total. The highest BCUT2D eigenvalue weighted by atomic mass is 19.1. The topological polar surface area (TPSA) is 41.1 Å². The number of carbonyl (C=O) groups excluding carboxylic acids is 1. The quantitative estimate of drug-likeness (QED) is 0.859. The molecule has 1 aliphatic carbocycles. The number of rotatable bonds is 2. The predicted octanol–water partition coefficient (Wildman–Crippen LogP) is 4.02. The lowest BCUT2D eigenvalue weighted by Gasteiger charge is -2.26. The Balaban J connectivity index is 1.68. The van der Waals surface area contributed by atoms with Crippen LogP contribution in [0, 0.1) is 5.82 Å². The first-order chi connectivity index (χ1) is 10.2. The Hall–Kier alpha value is -2.36. The van der Waals surface area contributed by atoms with Crippen LogP contribution in [0.5, 0.6) is 0 Å². The van der Waals surface area contributed by atoms with E-state index in [0.717, 1.165) is 19.3 Å². The number of carbonyl (C=O) groups is 1. The van der Waals surface area contributed by atoms with E-state index in [2.05, 4.69) is 22.8 Å². The minimum atomic E-state index is -0.365. The van der Waals surface area contributed by atoms with Crippen molar-refractivity contribution in [3.8, 4) is 0 Å². The maximum Gasteiger partial charge on any atom is 0.319 e. The first kappa shape index (κ1) is 13.6. The van der Waals surface area contributed by atoms with Crippen LogP contribution in [0.1, 0.15) is 30.0 Å². The summed E-state index contributed by atoms with van der Waals surface area (Å²) in [6, 6.07) is 13.8. The number of urea groups is 1. The van der Waals surface area contributed by atoms with Crippen molar-refractivity contribution in [2.24, 2.45) is 0 Å². The van der Waals surface area contributed by atoms with E-state index in [1.54, 1.807) is 12.1 Å². The van der Waals surface area contributed by atoms with E-state index >= 15 is 0 Å². The number of anilines is 1. The number of benzene rings is 2. The normalized spacial score (nSPS) is 16.9. The second-order valence-corrected chi connectivity index (χ2v) is 5.25. The van der Waals surface area contributed by atoms with Crippen molar-refractivity contribution in [1.82, 2.24) is 5.32 Å². The van der Waals surface area contributed by atoms with Gasteiger partial charge in [0.15, 0.2) is 0 Å². The maximum atomic E-state index is 13.1. The van der Waals surface area contributed by atoms with Gasteiger partial charge in [-0.05, 0) is 48.6 Å². The van der Waals surface area contributed by atoms with Gasteiger partial charge in [0.05, 0.1) is 6.04 Å². The van der Waals surface area contributed by atoms with Crippen molar-refractivity contribution < 1.29 is 9.18 Å². The lowest BCUT2D eigenvalue weighted by molar-refractivity contribution is 0.247. The average molecular weight is 284 g/mol. The fourth-order valence-electron chi connectivity index (χ4n) is 2.80. The molecule has 0 unspecified atom stereocenters. The molecule has 1 aliphatic rings. The first-order valence-electron chi connectivity index (χ1n) is 7.13. The SMILES string of the molecule is O=C(Nc1cccc(F)c1)N[C@H]1CCCc2ccccc21. The Labute approximate surface area is 123 Å². The molecule has 0 bridgehead atoms. The zero-order valence-corrected chi connectivity index (χ0v) is 11.6. The molecule has 3 nitrogen and oxygen atoms in total. The number of nitrogens with one attached hydrogen (secondary N) is 2. The Morgan fingerprint density at radius 1 is 1.14 bits per heavy atom. The first-order valence-corrected chi connectivity index (χ1v) is 7.13. The second kappa shape index (κ2) is 5.95. The fourth-order valence-corrected chi connectivity index (χ4v) is 2.80. The van der Waals surface area contributed by atoms with E-state index in [9.17, 15) is 9.18 Å². The van der Waals surface area contributed by atoms with Gasteiger partial charge in [0.2, 0.25) is 0 Å². The van der Waals surface area contributed by atoms with E-state index in [-0.39, 0.29) is 17.9 Å². The fraction of sp³-hybridized carbons (Fsp3) is 0.235. The molecule has 0 radical (unpaired) electrons. The molecule has 0 spiro atoms. The summed E-state index contributed by atoms with van der Waals surface area (Å²) in [5, 5.41) is 5.64. The van der Waals surface area contributed by atoms with E-state index in [1.165, 1.54) is 23.3 Å². The van der Waals surface area contributed by atoms with Gasteiger partial charge in [-0.15, -0.1) is 0 Å². The number of amides is 2. The van der Waals surface area contributed by atoms with Gasteiger partial charge >= 0.3 is 6.03 Å². The van der Waals surface area contributed by atoms with Gasteiger partial charge in [0.25, 0.3) is 0 Å². The van der Waals surface area contributed by atoms with Gasteiger partial charge in [0.1, 0.15) is 5.82 Å². The van der Waals surface area contributed by atoms with Crippen LogP contribution in [0.4, 0.5) is 14.9 Å². The van der Waals surface area contributed by atoms with Crippen LogP contribution in [0.15, 0.2) is 48.5 Å². The van der Waals surface area contributed by atoms with Crippen molar-refractivity contribution in [2.75, 3.05) is 5.32 Å². The lowest BCUT2D eigenvalue weighted by Crippen LogP contribution is -2.34. The number of aryl methyl sites for hydroxylation is 1.